The number of hydrogen-bond donors (Lipinski definition) is 2. The molecule has 0 fully saturated rings. The topological polar surface area (TPSA) is 84.0 Å². The first-order valence-corrected chi connectivity index (χ1v) is 8.84. The van der Waals surface area contributed by atoms with Gasteiger partial charge in [0.15, 0.2) is 0 Å². The predicted octanol–water partition coefficient (Wildman–Crippen LogP) is 3.10. The number of halogens is 1. The fourth-order valence-electron chi connectivity index (χ4n) is 2.76. The Balaban J connectivity index is 1.88. The predicted molar refractivity (Wildman–Crippen MR) is 105 cm³/mol. The van der Waals surface area contributed by atoms with Crippen molar-refractivity contribution < 1.29 is 9.18 Å². The van der Waals surface area contributed by atoms with Gasteiger partial charge >= 0.3 is 5.69 Å². The van der Waals surface area contributed by atoms with Crippen molar-refractivity contribution in [2.24, 2.45) is 0 Å². The summed E-state index contributed by atoms with van der Waals surface area (Å²) in [5.41, 5.74) is 0.0881. The van der Waals surface area contributed by atoms with E-state index in [1.165, 1.54) is 18.2 Å². The molecular weight excluding hydrogens is 361 g/mol. The van der Waals surface area contributed by atoms with E-state index in [-0.39, 0.29) is 17.7 Å². The summed E-state index contributed by atoms with van der Waals surface area (Å²) in [5.74, 6) is -0.829. The highest BCUT2D eigenvalue weighted by atomic mass is 19.1. The summed E-state index contributed by atoms with van der Waals surface area (Å²) >= 11 is 0. The first kappa shape index (κ1) is 19.3. The number of nitrogens with zero attached hydrogens (tertiary/aromatic N) is 1. The zero-order valence-corrected chi connectivity index (χ0v) is 15.5. The Morgan fingerprint density at radius 3 is 2.43 bits per heavy atom. The minimum absolute atomic E-state index is 0.178. The van der Waals surface area contributed by atoms with Crippen molar-refractivity contribution in [2.45, 2.75) is 26.3 Å². The lowest BCUT2D eigenvalue weighted by Crippen LogP contribution is -2.39. The molecule has 2 aromatic carbocycles. The summed E-state index contributed by atoms with van der Waals surface area (Å²) < 4.78 is 14.7. The zero-order chi connectivity index (χ0) is 20.3. The quantitative estimate of drug-likeness (QED) is 0.712. The number of benzene rings is 2. The Kier molecular flexibility index (Phi) is 5.54. The van der Waals surface area contributed by atoms with E-state index in [2.05, 4.69) is 24.1 Å². The van der Waals surface area contributed by atoms with E-state index in [1.807, 2.05) is 12.1 Å². The van der Waals surface area contributed by atoms with Gasteiger partial charge in [-0.15, -0.1) is 0 Å². The Hall–Kier alpha value is -3.48. The van der Waals surface area contributed by atoms with Crippen molar-refractivity contribution in [3.8, 4) is 0 Å². The zero-order valence-electron chi connectivity index (χ0n) is 15.5. The molecule has 3 rings (SSSR count). The van der Waals surface area contributed by atoms with Gasteiger partial charge in [0.25, 0.3) is 11.5 Å². The van der Waals surface area contributed by atoms with Crippen LogP contribution in [0.2, 0.25) is 0 Å². The second-order valence-electron chi connectivity index (χ2n) is 6.72. The molecule has 2 N–H and O–H groups in total. The molecule has 0 spiro atoms. The Morgan fingerprint density at radius 1 is 1.11 bits per heavy atom. The van der Waals surface area contributed by atoms with E-state index in [4.69, 9.17) is 0 Å². The number of rotatable bonds is 5. The molecule has 7 heteroatoms. The Labute approximate surface area is 160 Å². The second-order valence-corrected chi connectivity index (χ2v) is 6.72. The Morgan fingerprint density at radius 2 is 1.79 bits per heavy atom. The third kappa shape index (κ3) is 4.09. The summed E-state index contributed by atoms with van der Waals surface area (Å²) in [6.45, 7) is 3.85. The van der Waals surface area contributed by atoms with Crippen LogP contribution in [0.15, 0.2) is 64.3 Å². The number of hydrogen-bond acceptors (Lipinski definition) is 3. The molecule has 0 aliphatic heterocycles. The molecule has 6 nitrogen and oxygen atoms in total. The lowest BCUT2D eigenvalue weighted by molar-refractivity contribution is 0.102. The molecule has 1 heterocycles. The molecular formula is C21H20FN3O3. The third-order valence-corrected chi connectivity index (χ3v) is 4.43. The van der Waals surface area contributed by atoms with Crippen LogP contribution in [0, 0.1) is 5.82 Å². The molecule has 0 atom stereocenters. The SMILES string of the molecule is CC(C)c1ccc(NC(=O)c2c[nH]c(=O)n(Cc3ccccc3F)c2=O)cc1. The van der Waals surface area contributed by atoms with Crippen LogP contribution < -0.4 is 16.6 Å². The van der Waals surface area contributed by atoms with Crippen LogP contribution >= 0.6 is 0 Å². The summed E-state index contributed by atoms with van der Waals surface area (Å²) in [5, 5.41) is 2.64. The van der Waals surface area contributed by atoms with Crippen LogP contribution in [0.4, 0.5) is 10.1 Å². The van der Waals surface area contributed by atoms with Gasteiger partial charge in [0, 0.05) is 17.4 Å². The number of carbonyl (C=O) groups is 1. The number of carbonyl (C=O) groups excluding carboxylic acids is 1. The van der Waals surface area contributed by atoms with Crippen LogP contribution in [-0.2, 0) is 6.54 Å². The van der Waals surface area contributed by atoms with E-state index < -0.39 is 23.0 Å². The molecule has 28 heavy (non-hydrogen) atoms. The molecule has 3 aromatic rings. The lowest BCUT2D eigenvalue weighted by atomic mass is 10.0. The van der Waals surface area contributed by atoms with Gasteiger partial charge in [0.05, 0.1) is 6.54 Å². The molecule has 0 bridgehead atoms. The second kappa shape index (κ2) is 8.04. The number of anilines is 1. The maximum Gasteiger partial charge on any atom is 0.328 e. The van der Waals surface area contributed by atoms with Crippen LogP contribution in [-0.4, -0.2) is 15.5 Å². The van der Waals surface area contributed by atoms with Gasteiger partial charge in [0.2, 0.25) is 0 Å². The third-order valence-electron chi connectivity index (χ3n) is 4.43. The Bertz CT molecular complexity index is 1110. The van der Waals surface area contributed by atoms with Gasteiger partial charge in [0.1, 0.15) is 11.4 Å². The highest BCUT2D eigenvalue weighted by molar-refractivity contribution is 6.03. The summed E-state index contributed by atoms with van der Waals surface area (Å²) in [7, 11) is 0. The minimum atomic E-state index is -0.789. The van der Waals surface area contributed by atoms with Crippen molar-refractivity contribution in [3.05, 3.63) is 98.1 Å². The number of nitrogens with one attached hydrogen (secondary N) is 2. The molecule has 0 aliphatic carbocycles. The molecule has 0 radical (unpaired) electrons. The van der Waals surface area contributed by atoms with Crippen LogP contribution in [0.3, 0.4) is 0 Å². The number of amides is 1. The summed E-state index contributed by atoms with van der Waals surface area (Å²) in [4.78, 5) is 39.6. The maximum absolute atomic E-state index is 13.9. The van der Waals surface area contributed by atoms with Crippen molar-refractivity contribution in [1.29, 1.82) is 0 Å². The maximum atomic E-state index is 13.9. The van der Waals surface area contributed by atoms with E-state index in [1.54, 1.807) is 18.2 Å². The number of aromatic nitrogens is 2. The van der Waals surface area contributed by atoms with Crippen LogP contribution in [0.25, 0.3) is 0 Å². The van der Waals surface area contributed by atoms with Crippen molar-refractivity contribution in [3.63, 3.8) is 0 Å². The van der Waals surface area contributed by atoms with Gasteiger partial charge in [-0.2, -0.15) is 0 Å². The largest absolute Gasteiger partial charge is 0.328 e. The van der Waals surface area contributed by atoms with E-state index in [0.717, 1.165) is 16.3 Å². The molecule has 144 valence electrons. The van der Waals surface area contributed by atoms with Crippen LogP contribution in [0.1, 0.15) is 41.3 Å². The lowest BCUT2D eigenvalue weighted by Gasteiger charge is -2.10. The molecule has 1 amide bonds. The van der Waals surface area contributed by atoms with E-state index >= 15 is 0 Å². The molecule has 0 saturated heterocycles. The standard InChI is InChI=1S/C21H20FN3O3/c1-13(2)14-7-9-16(10-8-14)24-19(26)17-11-23-21(28)25(20(17)27)12-15-5-3-4-6-18(15)22/h3-11,13H,12H2,1-2H3,(H,23,28)(H,24,26). The van der Waals surface area contributed by atoms with Gasteiger partial charge in [-0.3, -0.25) is 14.2 Å². The first-order chi connectivity index (χ1) is 13.4. The van der Waals surface area contributed by atoms with Gasteiger partial charge in [-0.25, -0.2) is 9.18 Å². The normalized spacial score (nSPS) is 10.9. The highest BCUT2D eigenvalue weighted by Crippen LogP contribution is 2.17. The van der Waals surface area contributed by atoms with Crippen LogP contribution in [0.5, 0.6) is 0 Å². The fourth-order valence-corrected chi connectivity index (χ4v) is 2.76. The van der Waals surface area contributed by atoms with Crippen molar-refractivity contribution >= 4 is 11.6 Å². The first-order valence-electron chi connectivity index (χ1n) is 8.84. The van der Waals surface area contributed by atoms with Crippen molar-refractivity contribution in [2.75, 3.05) is 5.32 Å². The molecule has 0 aliphatic rings. The molecule has 0 unspecified atom stereocenters. The minimum Gasteiger partial charge on any atom is -0.322 e. The summed E-state index contributed by atoms with van der Waals surface area (Å²) in [6, 6.07) is 13.1. The number of aromatic amines is 1. The van der Waals surface area contributed by atoms with E-state index in [0.29, 0.717) is 11.6 Å². The highest BCUT2D eigenvalue weighted by Gasteiger charge is 2.16. The van der Waals surface area contributed by atoms with Gasteiger partial charge < -0.3 is 10.3 Å². The average molecular weight is 381 g/mol. The summed E-state index contributed by atoms with van der Waals surface area (Å²) in [6.07, 6.45) is 1.07. The smallest absolute Gasteiger partial charge is 0.322 e. The average Bonchev–Trinajstić information content (AvgIpc) is 2.66. The fraction of sp³-hybridized carbons (Fsp3) is 0.190. The van der Waals surface area contributed by atoms with E-state index in [9.17, 15) is 18.8 Å². The molecule has 0 saturated carbocycles. The molecule has 1 aromatic heterocycles. The monoisotopic (exact) mass is 381 g/mol. The van der Waals surface area contributed by atoms with Gasteiger partial charge in [-0.1, -0.05) is 44.2 Å². The van der Waals surface area contributed by atoms with Crippen molar-refractivity contribution in [1.82, 2.24) is 9.55 Å². The van der Waals surface area contributed by atoms with Gasteiger partial charge in [-0.05, 0) is 29.7 Å². The number of H-pyrrole nitrogens is 1.